The molecule has 1 unspecified atom stereocenters. The molecule has 1 aliphatic rings. The Labute approximate surface area is 117 Å². The van der Waals surface area contributed by atoms with Gasteiger partial charge in [-0.15, -0.1) is 0 Å². The Hall–Kier alpha value is -2.24. The Kier molecular flexibility index (Phi) is 4.12. The molecule has 1 aromatic rings. The van der Waals surface area contributed by atoms with Gasteiger partial charge in [-0.2, -0.15) is 0 Å². The van der Waals surface area contributed by atoms with E-state index >= 15 is 0 Å². The monoisotopic (exact) mass is 278 g/mol. The Morgan fingerprint density at radius 2 is 2.15 bits per heavy atom. The number of anilines is 1. The summed E-state index contributed by atoms with van der Waals surface area (Å²) < 4.78 is 4.74. The number of methoxy groups -OCH3 is 1. The van der Waals surface area contributed by atoms with Crippen LogP contribution in [0.15, 0.2) is 18.2 Å². The van der Waals surface area contributed by atoms with Crippen molar-refractivity contribution >= 4 is 17.6 Å². The Morgan fingerprint density at radius 1 is 1.40 bits per heavy atom. The minimum Gasteiger partial charge on any atom is -0.505 e. The largest absolute Gasteiger partial charge is 0.505 e. The zero-order valence-electron chi connectivity index (χ0n) is 11.3. The van der Waals surface area contributed by atoms with E-state index in [1.165, 1.54) is 24.1 Å². The van der Waals surface area contributed by atoms with E-state index in [0.29, 0.717) is 13.0 Å². The fourth-order valence-electron chi connectivity index (χ4n) is 2.44. The zero-order valence-corrected chi connectivity index (χ0v) is 11.3. The molecule has 20 heavy (non-hydrogen) atoms. The van der Waals surface area contributed by atoms with E-state index in [9.17, 15) is 14.7 Å². The first-order chi connectivity index (χ1) is 9.56. The van der Waals surface area contributed by atoms with Crippen molar-refractivity contribution in [2.75, 3.05) is 19.4 Å². The fourth-order valence-corrected chi connectivity index (χ4v) is 2.44. The molecule has 1 heterocycles. The lowest BCUT2D eigenvalue weighted by molar-refractivity contribution is -0.147. The highest BCUT2D eigenvalue weighted by Crippen LogP contribution is 2.28. The third-order valence-electron chi connectivity index (χ3n) is 3.53. The number of hydrogen-bond acceptors (Lipinski definition) is 5. The standard InChI is InChI=1S/C14H18N2O4/c1-20-14(19)11-7-2-3-8-16(11)13(18)9-5-4-6-10(15)12(9)17/h4-6,11,17H,2-3,7-8,15H2,1H3. The number of carbonyl (C=O) groups is 2. The Balaban J connectivity index is 2.30. The molecule has 6 heteroatoms. The van der Waals surface area contributed by atoms with Gasteiger partial charge in [0.2, 0.25) is 0 Å². The van der Waals surface area contributed by atoms with E-state index in [1.54, 1.807) is 6.07 Å². The number of phenolic OH excluding ortho intramolecular Hbond substituents is 1. The number of rotatable bonds is 2. The van der Waals surface area contributed by atoms with E-state index in [4.69, 9.17) is 10.5 Å². The van der Waals surface area contributed by atoms with Crippen LogP contribution in [-0.4, -0.2) is 41.6 Å². The molecule has 108 valence electrons. The smallest absolute Gasteiger partial charge is 0.328 e. The quantitative estimate of drug-likeness (QED) is 0.481. The van der Waals surface area contributed by atoms with E-state index in [1.807, 2.05) is 0 Å². The zero-order chi connectivity index (χ0) is 14.7. The highest BCUT2D eigenvalue weighted by atomic mass is 16.5. The number of phenols is 1. The molecule has 1 atom stereocenters. The molecule has 1 aromatic carbocycles. The number of benzene rings is 1. The number of amides is 1. The number of para-hydroxylation sites is 1. The van der Waals surface area contributed by atoms with Gasteiger partial charge in [-0.3, -0.25) is 4.79 Å². The topological polar surface area (TPSA) is 92.9 Å². The maximum atomic E-state index is 12.5. The molecule has 0 spiro atoms. The van der Waals surface area contributed by atoms with Crippen LogP contribution in [-0.2, 0) is 9.53 Å². The lowest BCUT2D eigenvalue weighted by Gasteiger charge is -2.34. The Bertz CT molecular complexity index is 530. The van der Waals surface area contributed by atoms with Crippen molar-refractivity contribution in [3.05, 3.63) is 23.8 Å². The molecule has 0 radical (unpaired) electrons. The Morgan fingerprint density at radius 3 is 2.85 bits per heavy atom. The SMILES string of the molecule is COC(=O)C1CCCCN1C(=O)c1cccc(N)c1O. The molecule has 0 aromatic heterocycles. The number of nitrogen functional groups attached to an aromatic ring is 1. The van der Waals surface area contributed by atoms with Crippen LogP contribution >= 0.6 is 0 Å². The van der Waals surface area contributed by atoms with Gasteiger partial charge in [-0.1, -0.05) is 6.07 Å². The minimum absolute atomic E-state index is 0.112. The lowest BCUT2D eigenvalue weighted by Crippen LogP contribution is -2.48. The number of piperidine rings is 1. The molecule has 1 fully saturated rings. The fraction of sp³-hybridized carbons (Fsp3) is 0.429. The van der Waals surface area contributed by atoms with Crippen LogP contribution in [0.1, 0.15) is 29.6 Å². The maximum Gasteiger partial charge on any atom is 0.328 e. The van der Waals surface area contributed by atoms with Gasteiger partial charge in [0.15, 0.2) is 5.75 Å². The van der Waals surface area contributed by atoms with Crippen LogP contribution in [0.2, 0.25) is 0 Å². The van der Waals surface area contributed by atoms with Gasteiger partial charge in [-0.05, 0) is 31.4 Å². The predicted octanol–water partition coefficient (Wildman–Crippen LogP) is 1.14. The number of nitrogens with two attached hydrogens (primary N) is 1. The van der Waals surface area contributed by atoms with Gasteiger partial charge >= 0.3 is 5.97 Å². The molecule has 0 bridgehead atoms. The number of hydrogen-bond donors (Lipinski definition) is 2. The summed E-state index contributed by atoms with van der Waals surface area (Å²) in [6.45, 7) is 0.465. The number of likely N-dealkylation sites (tertiary alicyclic amines) is 1. The maximum absolute atomic E-state index is 12.5. The number of ether oxygens (including phenoxy) is 1. The predicted molar refractivity (Wildman–Crippen MR) is 73.2 cm³/mol. The number of aromatic hydroxyl groups is 1. The molecule has 6 nitrogen and oxygen atoms in total. The molecule has 1 amide bonds. The minimum atomic E-state index is -0.595. The van der Waals surface area contributed by atoms with Crippen LogP contribution in [0.3, 0.4) is 0 Å². The first-order valence-corrected chi connectivity index (χ1v) is 6.52. The summed E-state index contributed by atoms with van der Waals surface area (Å²) in [4.78, 5) is 25.7. The first-order valence-electron chi connectivity index (χ1n) is 6.52. The molecule has 1 saturated heterocycles. The highest BCUT2D eigenvalue weighted by molar-refractivity contribution is 6.00. The summed E-state index contributed by atoms with van der Waals surface area (Å²) in [6, 6.07) is 4.01. The van der Waals surface area contributed by atoms with Crippen LogP contribution < -0.4 is 5.73 Å². The second kappa shape index (κ2) is 5.81. The van der Waals surface area contributed by atoms with Gasteiger partial charge in [0.1, 0.15) is 6.04 Å². The summed E-state index contributed by atoms with van der Waals surface area (Å²) in [7, 11) is 1.30. The second-order valence-electron chi connectivity index (χ2n) is 4.78. The van der Waals surface area contributed by atoms with Gasteiger partial charge < -0.3 is 20.5 Å². The van der Waals surface area contributed by atoms with Crippen molar-refractivity contribution in [3.63, 3.8) is 0 Å². The molecular weight excluding hydrogens is 260 g/mol. The van der Waals surface area contributed by atoms with Crippen molar-refractivity contribution in [2.45, 2.75) is 25.3 Å². The molecule has 2 rings (SSSR count). The number of nitrogens with zero attached hydrogens (tertiary/aromatic N) is 1. The molecular formula is C14H18N2O4. The lowest BCUT2D eigenvalue weighted by atomic mass is 10.0. The van der Waals surface area contributed by atoms with Crippen molar-refractivity contribution < 1.29 is 19.4 Å². The van der Waals surface area contributed by atoms with Crippen molar-refractivity contribution in [3.8, 4) is 5.75 Å². The van der Waals surface area contributed by atoms with Crippen LogP contribution in [0.5, 0.6) is 5.75 Å². The number of esters is 1. The summed E-state index contributed by atoms with van der Waals surface area (Å²) in [5.41, 5.74) is 5.85. The van der Waals surface area contributed by atoms with E-state index in [0.717, 1.165) is 12.8 Å². The van der Waals surface area contributed by atoms with Crippen LogP contribution in [0, 0.1) is 0 Å². The molecule has 3 N–H and O–H groups in total. The molecule has 0 saturated carbocycles. The van der Waals surface area contributed by atoms with Crippen molar-refractivity contribution in [2.24, 2.45) is 0 Å². The summed E-state index contributed by atoms with van der Waals surface area (Å²) in [6.07, 6.45) is 2.26. The second-order valence-corrected chi connectivity index (χ2v) is 4.78. The van der Waals surface area contributed by atoms with E-state index in [2.05, 4.69) is 0 Å². The van der Waals surface area contributed by atoms with E-state index in [-0.39, 0.29) is 17.0 Å². The summed E-state index contributed by atoms with van der Waals surface area (Å²) in [5.74, 6) is -1.07. The van der Waals surface area contributed by atoms with Gasteiger partial charge in [0.05, 0.1) is 18.4 Å². The normalized spacial score (nSPS) is 18.6. The van der Waals surface area contributed by atoms with Crippen LogP contribution in [0.4, 0.5) is 5.69 Å². The van der Waals surface area contributed by atoms with E-state index < -0.39 is 17.9 Å². The number of carbonyl (C=O) groups excluding carboxylic acids is 2. The summed E-state index contributed by atoms with van der Waals surface area (Å²) in [5, 5.41) is 9.89. The third kappa shape index (κ3) is 2.54. The van der Waals surface area contributed by atoms with Gasteiger partial charge in [0.25, 0.3) is 5.91 Å². The third-order valence-corrected chi connectivity index (χ3v) is 3.53. The average Bonchev–Trinajstić information content (AvgIpc) is 2.48. The van der Waals surface area contributed by atoms with Gasteiger partial charge in [0, 0.05) is 6.54 Å². The van der Waals surface area contributed by atoms with Crippen molar-refractivity contribution in [1.29, 1.82) is 0 Å². The average molecular weight is 278 g/mol. The first kappa shape index (κ1) is 14.2. The van der Waals surface area contributed by atoms with Gasteiger partial charge in [-0.25, -0.2) is 4.79 Å². The summed E-state index contributed by atoms with van der Waals surface area (Å²) >= 11 is 0. The van der Waals surface area contributed by atoms with Crippen molar-refractivity contribution in [1.82, 2.24) is 4.90 Å². The molecule has 0 aliphatic carbocycles. The van der Waals surface area contributed by atoms with Crippen LogP contribution in [0.25, 0.3) is 0 Å². The molecule has 1 aliphatic heterocycles. The highest BCUT2D eigenvalue weighted by Gasteiger charge is 2.34.